The van der Waals surface area contributed by atoms with Crippen LogP contribution in [0.5, 0.6) is 0 Å². The highest BCUT2D eigenvalue weighted by Crippen LogP contribution is 2.53. The second-order valence-electron chi connectivity index (χ2n) is 7.85. The van der Waals surface area contributed by atoms with E-state index >= 15 is 0 Å². The maximum Gasteiger partial charge on any atom is 0.241 e. The van der Waals surface area contributed by atoms with E-state index in [1.165, 1.54) is 32.1 Å². The molecule has 4 aliphatic carbocycles. The number of aryl methyl sites for hydroxylation is 2. The van der Waals surface area contributed by atoms with Crippen molar-refractivity contribution in [3.05, 3.63) is 29.3 Å². The zero-order valence-electron chi connectivity index (χ0n) is 13.4. The zero-order chi connectivity index (χ0) is 15.5. The van der Waals surface area contributed by atoms with E-state index < -0.39 is 10.0 Å². The topological polar surface area (TPSA) is 46.2 Å². The maximum absolute atomic E-state index is 12.9. The molecule has 4 fully saturated rings. The highest BCUT2D eigenvalue weighted by Gasteiger charge is 2.49. The molecule has 120 valence electrons. The van der Waals surface area contributed by atoms with Crippen LogP contribution in [0.15, 0.2) is 23.1 Å². The Balaban J connectivity index is 1.61. The molecule has 0 heterocycles. The monoisotopic (exact) mass is 319 g/mol. The molecule has 0 aromatic heterocycles. The lowest BCUT2D eigenvalue weighted by molar-refractivity contribution is -0.00558. The quantitative estimate of drug-likeness (QED) is 0.928. The first-order valence-corrected chi connectivity index (χ1v) is 10.0. The van der Waals surface area contributed by atoms with Crippen LogP contribution in [0.2, 0.25) is 0 Å². The van der Waals surface area contributed by atoms with E-state index in [2.05, 4.69) is 4.72 Å². The van der Waals surface area contributed by atoms with E-state index in [-0.39, 0.29) is 6.04 Å². The molecule has 0 saturated heterocycles. The Kier molecular flexibility index (Phi) is 3.39. The standard InChI is InChI=1S/C18H25NO2S/c1-11-3-4-12(2)17(5-11)22(20,21)19-18-15-7-13-6-14(9-15)10-16(18)8-13/h3-5,13-16,18-19H,6-10H2,1-2H3. The van der Waals surface area contributed by atoms with E-state index in [0.29, 0.717) is 16.7 Å². The molecule has 1 aromatic rings. The van der Waals surface area contributed by atoms with Crippen molar-refractivity contribution in [1.82, 2.24) is 4.72 Å². The van der Waals surface area contributed by atoms with Crippen LogP contribution < -0.4 is 4.72 Å². The van der Waals surface area contributed by atoms with Gasteiger partial charge in [0.1, 0.15) is 0 Å². The van der Waals surface area contributed by atoms with E-state index in [1.54, 1.807) is 6.07 Å². The summed E-state index contributed by atoms with van der Waals surface area (Å²) in [6.07, 6.45) is 6.31. The van der Waals surface area contributed by atoms with Crippen LogP contribution in [0.3, 0.4) is 0 Å². The summed E-state index contributed by atoms with van der Waals surface area (Å²) >= 11 is 0. The highest BCUT2D eigenvalue weighted by molar-refractivity contribution is 7.89. The van der Waals surface area contributed by atoms with Crippen molar-refractivity contribution in [1.29, 1.82) is 0 Å². The summed E-state index contributed by atoms with van der Waals surface area (Å²) in [5, 5.41) is 0. The van der Waals surface area contributed by atoms with Crippen molar-refractivity contribution in [3.8, 4) is 0 Å². The fraction of sp³-hybridized carbons (Fsp3) is 0.667. The van der Waals surface area contributed by atoms with Crippen molar-refractivity contribution in [2.75, 3.05) is 0 Å². The van der Waals surface area contributed by atoms with E-state index in [0.717, 1.165) is 23.0 Å². The van der Waals surface area contributed by atoms with Gasteiger partial charge in [0, 0.05) is 6.04 Å². The molecule has 0 atom stereocenters. The molecule has 4 aliphatic rings. The smallest absolute Gasteiger partial charge is 0.208 e. The first kappa shape index (κ1) is 14.7. The molecule has 0 amide bonds. The van der Waals surface area contributed by atoms with Gasteiger partial charge in [0.05, 0.1) is 4.90 Å². The summed E-state index contributed by atoms with van der Waals surface area (Å²) in [4.78, 5) is 0.460. The third-order valence-corrected chi connectivity index (χ3v) is 7.75. The Morgan fingerprint density at radius 3 is 2.14 bits per heavy atom. The first-order valence-electron chi connectivity index (χ1n) is 8.52. The molecule has 3 nitrogen and oxygen atoms in total. The minimum atomic E-state index is -3.41. The molecule has 4 saturated carbocycles. The number of hydrogen-bond acceptors (Lipinski definition) is 2. The molecule has 1 aromatic carbocycles. The third-order valence-electron chi connectivity index (χ3n) is 6.15. The Bertz CT molecular complexity index is 667. The van der Waals surface area contributed by atoms with Crippen molar-refractivity contribution in [2.24, 2.45) is 23.7 Å². The molecule has 5 rings (SSSR count). The van der Waals surface area contributed by atoms with Gasteiger partial charge >= 0.3 is 0 Å². The van der Waals surface area contributed by atoms with Gasteiger partial charge in [-0.05, 0) is 86.8 Å². The average Bonchev–Trinajstić information content (AvgIpc) is 2.44. The van der Waals surface area contributed by atoms with Crippen LogP contribution in [0.1, 0.15) is 43.2 Å². The van der Waals surface area contributed by atoms with Gasteiger partial charge in [0.15, 0.2) is 0 Å². The molecular formula is C18H25NO2S. The van der Waals surface area contributed by atoms with Crippen LogP contribution in [-0.2, 0) is 10.0 Å². The predicted octanol–water partition coefficient (Wildman–Crippen LogP) is 3.41. The van der Waals surface area contributed by atoms with Gasteiger partial charge < -0.3 is 0 Å². The van der Waals surface area contributed by atoms with Crippen molar-refractivity contribution in [3.63, 3.8) is 0 Å². The second kappa shape index (κ2) is 5.07. The number of rotatable bonds is 3. The lowest BCUT2D eigenvalue weighted by atomic mass is 9.54. The highest BCUT2D eigenvalue weighted by atomic mass is 32.2. The maximum atomic E-state index is 12.9. The van der Waals surface area contributed by atoms with Crippen LogP contribution in [0.4, 0.5) is 0 Å². The van der Waals surface area contributed by atoms with E-state index in [4.69, 9.17) is 0 Å². The molecule has 22 heavy (non-hydrogen) atoms. The van der Waals surface area contributed by atoms with Crippen molar-refractivity contribution < 1.29 is 8.42 Å². The Morgan fingerprint density at radius 2 is 1.55 bits per heavy atom. The molecule has 0 radical (unpaired) electrons. The normalized spacial score (nSPS) is 36.7. The third kappa shape index (κ3) is 2.41. The van der Waals surface area contributed by atoms with Gasteiger partial charge in [-0.2, -0.15) is 0 Å². The minimum Gasteiger partial charge on any atom is -0.208 e. The summed E-state index contributed by atoms with van der Waals surface area (Å²) in [6, 6.07) is 5.84. The van der Waals surface area contributed by atoms with Crippen molar-refractivity contribution in [2.45, 2.75) is 56.9 Å². The summed E-state index contributed by atoms with van der Waals surface area (Å²) in [5.41, 5.74) is 1.83. The average molecular weight is 319 g/mol. The summed E-state index contributed by atoms with van der Waals surface area (Å²) < 4.78 is 28.9. The lowest BCUT2D eigenvalue weighted by Crippen LogP contribution is -2.55. The van der Waals surface area contributed by atoms with E-state index in [1.807, 2.05) is 26.0 Å². The number of hydrogen-bond donors (Lipinski definition) is 1. The molecule has 0 unspecified atom stereocenters. The van der Waals surface area contributed by atoms with Gasteiger partial charge in [-0.1, -0.05) is 12.1 Å². The van der Waals surface area contributed by atoms with Gasteiger partial charge in [-0.25, -0.2) is 13.1 Å². The fourth-order valence-corrected chi connectivity index (χ4v) is 7.06. The zero-order valence-corrected chi connectivity index (χ0v) is 14.2. The van der Waals surface area contributed by atoms with Crippen LogP contribution >= 0.6 is 0 Å². The summed E-state index contributed by atoms with van der Waals surface area (Å²) in [5.74, 6) is 2.86. The van der Waals surface area contributed by atoms with Gasteiger partial charge in [-0.3, -0.25) is 0 Å². The number of sulfonamides is 1. The molecular weight excluding hydrogens is 294 g/mol. The first-order chi connectivity index (χ1) is 10.4. The molecule has 0 aliphatic heterocycles. The van der Waals surface area contributed by atoms with Gasteiger partial charge in [-0.15, -0.1) is 0 Å². The predicted molar refractivity (Wildman–Crippen MR) is 87.1 cm³/mol. The fourth-order valence-electron chi connectivity index (χ4n) is 5.36. The van der Waals surface area contributed by atoms with Crippen molar-refractivity contribution >= 4 is 10.0 Å². The van der Waals surface area contributed by atoms with Gasteiger partial charge in [0.25, 0.3) is 0 Å². The van der Waals surface area contributed by atoms with Crippen LogP contribution in [0.25, 0.3) is 0 Å². The minimum absolute atomic E-state index is 0.165. The molecule has 0 spiro atoms. The second-order valence-corrected chi connectivity index (χ2v) is 9.53. The summed E-state index contributed by atoms with van der Waals surface area (Å²) in [7, 11) is -3.41. The van der Waals surface area contributed by atoms with E-state index in [9.17, 15) is 8.42 Å². The Hall–Kier alpha value is -0.870. The van der Waals surface area contributed by atoms with Crippen LogP contribution in [-0.4, -0.2) is 14.5 Å². The molecule has 4 bridgehead atoms. The summed E-state index contributed by atoms with van der Waals surface area (Å²) in [6.45, 7) is 3.83. The number of benzene rings is 1. The molecule has 4 heteroatoms. The Labute approximate surface area is 133 Å². The van der Waals surface area contributed by atoms with Gasteiger partial charge in [0.2, 0.25) is 10.0 Å². The SMILES string of the molecule is Cc1ccc(C)c(S(=O)(=O)NC2C3CC4CC(C3)CC2C4)c1. The number of nitrogens with one attached hydrogen (secondary N) is 1. The van der Waals surface area contributed by atoms with Crippen LogP contribution in [0, 0.1) is 37.5 Å². The lowest BCUT2D eigenvalue weighted by Gasteiger charge is -2.54. The Morgan fingerprint density at radius 1 is 0.955 bits per heavy atom. The largest absolute Gasteiger partial charge is 0.241 e. The molecule has 1 N–H and O–H groups in total.